The first-order chi connectivity index (χ1) is 8.56. The molecule has 90 valence electrons. The Balaban J connectivity index is 2.65. The number of aryl methyl sites for hydroxylation is 1. The number of aromatic hydroxyl groups is 1. The summed E-state index contributed by atoms with van der Waals surface area (Å²) in [4.78, 5) is 11.8. The van der Waals surface area contributed by atoms with Gasteiger partial charge in [0.2, 0.25) is 0 Å². The molecule has 0 radical (unpaired) electrons. The Bertz CT molecular complexity index is 834. The molecule has 0 amide bonds. The summed E-state index contributed by atoms with van der Waals surface area (Å²) >= 11 is 0. The first-order valence-electron chi connectivity index (χ1n) is 5.42. The minimum atomic E-state index is -0.606. The van der Waals surface area contributed by atoms with Crippen molar-refractivity contribution in [2.24, 2.45) is 0 Å². The van der Waals surface area contributed by atoms with Crippen molar-refractivity contribution in [2.75, 3.05) is 0 Å². The SMILES string of the molecule is Cc1cc(F)c2c(c1)c(=O)oc1cc(O)ccc12. The van der Waals surface area contributed by atoms with Crippen LogP contribution in [0.25, 0.3) is 21.7 Å². The molecular weight excluding hydrogens is 235 g/mol. The molecule has 0 spiro atoms. The Kier molecular flexibility index (Phi) is 2.13. The van der Waals surface area contributed by atoms with Crippen LogP contribution in [0.2, 0.25) is 0 Å². The van der Waals surface area contributed by atoms with E-state index in [1.165, 1.54) is 24.3 Å². The highest BCUT2D eigenvalue weighted by Gasteiger charge is 2.12. The van der Waals surface area contributed by atoms with Gasteiger partial charge in [-0.15, -0.1) is 0 Å². The fourth-order valence-electron chi connectivity index (χ4n) is 2.13. The molecule has 4 heteroatoms. The number of rotatable bonds is 0. The number of benzene rings is 2. The van der Waals surface area contributed by atoms with Crippen LogP contribution in [0.5, 0.6) is 5.75 Å². The van der Waals surface area contributed by atoms with Gasteiger partial charge < -0.3 is 9.52 Å². The Morgan fingerprint density at radius 1 is 1.17 bits per heavy atom. The van der Waals surface area contributed by atoms with Crippen LogP contribution in [0.1, 0.15) is 5.56 Å². The predicted octanol–water partition coefficient (Wildman–Crippen LogP) is 3.10. The van der Waals surface area contributed by atoms with Crippen molar-refractivity contribution in [1.82, 2.24) is 0 Å². The number of phenolic OH excluding ortho intramolecular Hbond substituents is 1. The van der Waals surface area contributed by atoms with Gasteiger partial charge in [0.15, 0.2) is 0 Å². The predicted molar refractivity (Wildman–Crippen MR) is 66.3 cm³/mol. The second kappa shape index (κ2) is 3.57. The van der Waals surface area contributed by atoms with Gasteiger partial charge in [0.05, 0.1) is 5.39 Å². The van der Waals surface area contributed by atoms with Crippen LogP contribution in [0.4, 0.5) is 4.39 Å². The van der Waals surface area contributed by atoms with E-state index in [-0.39, 0.29) is 22.1 Å². The van der Waals surface area contributed by atoms with Crippen LogP contribution < -0.4 is 5.63 Å². The maximum absolute atomic E-state index is 14.0. The van der Waals surface area contributed by atoms with Crippen LogP contribution in [-0.4, -0.2) is 5.11 Å². The quantitative estimate of drug-likeness (QED) is 0.488. The highest BCUT2D eigenvalue weighted by atomic mass is 19.1. The van der Waals surface area contributed by atoms with E-state index < -0.39 is 11.4 Å². The lowest BCUT2D eigenvalue weighted by Crippen LogP contribution is -2.01. The fourth-order valence-corrected chi connectivity index (χ4v) is 2.13. The Morgan fingerprint density at radius 2 is 1.94 bits per heavy atom. The molecule has 0 atom stereocenters. The zero-order valence-corrected chi connectivity index (χ0v) is 9.53. The monoisotopic (exact) mass is 244 g/mol. The molecule has 18 heavy (non-hydrogen) atoms. The second-order valence-electron chi connectivity index (χ2n) is 4.24. The maximum atomic E-state index is 14.0. The minimum absolute atomic E-state index is 0.0301. The number of hydrogen-bond donors (Lipinski definition) is 1. The van der Waals surface area contributed by atoms with E-state index in [2.05, 4.69) is 0 Å². The molecule has 0 bridgehead atoms. The average Bonchev–Trinajstić information content (AvgIpc) is 2.29. The van der Waals surface area contributed by atoms with Gasteiger partial charge in [-0.1, -0.05) is 0 Å². The third-order valence-corrected chi connectivity index (χ3v) is 2.89. The lowest BCUT2D eigenvalue weighted by atomic mass is 10.0. The lowest BCUT2D eigenvalue weighted by molar-refractivity contribution is 0.473. The lowest BCUT2D eigenvalue weighted by Gasteiger charge is -2.05. The van der Waals surface area contributed by atoms with Crippen molar-refractivity contribution < 1.29 is 13.9 Å². The van der Waals surface area contributed by atoms with Crippen LogP contribution in [-0.2, 0) is 0 Å². The summed E-state index contributed by atoms with van der Waals surface area (Å²) < 4.78 is 19.1. The topological polar surface area (TPSA) is 50.4 Å². The van der Waals surface area contributed by atoms with Gasteiger partial charge in [0.25, 0.3) is 0 Å². The van der Waals surface area contributed by atoms with Crippen molar-refractivity contribution >= 4 is 21.7 Å². The van der Waals surface area contributed by atoms with E-state index in [1.807, 2.05) is 0 Å². The molecular formula is C14H9FO3. The highest BCUT2D eigenvalue weighted by Crippen LogP contribution is 2.28. The van der Waals surface area contributed by atoms with Crippen molar-refractivity contribution in [2.45, 2.75) is 6.92 Å². The third kappa shape index (κ3) is 1.46. The third-order valence-electron chi connectivity index (χ3n) is 2.89. The zero-order valence-electron chi connectivity index (χ0n) is 9.53. The first-order valence-corrected chi connectivity index (χ1v) is 5.42. The average molecular weight is 244 g/mol. The van der Waals surface area contributed by atoms with Gasteiger partial charge in [0.1, 0.15) is 17.1 Å². The molecule has 0 unspecified atom stereocenters. The molecule has 1 aromatic heterocycles. The van der Waals surface area contributed by atoms with E-state index in [0.717, 1.165) is 0 Å². The Labute approximate surface area is 101 Å². The van der Waals surface area contributed by atoms with Crippen molar-refractivity contribution in [3.8, 4) is 5.75 Å². The van der Waals surface area contributed by atoms with Crippen molar-refractivity contribution in [1.29, 1.82) is 0 Å². The van der Waals surface area contributed by atoms with E-state index in [1.54, 1.807) is 13.0 Å². The van der Waals surface area contributed by atoms with Crippen LogP contribution in [0.3, 0.4) is 0 Å². The molecule has 1 heterocycles. The van der Waals surface area contributed by atoms with Crippen LogP contribution >= 0.6 is 0 Å². The van der Waals surface area contributed by atoms with E-state index in [4.69, 9.17) is 4.42 Å². The van der Waals surface area contributed by atoms with Gasteiger partial charge in [-0.3, -0.25) is 0 Å². The molecule has 1 N–H and O–H groups in total. The highest BCUT2D eigenvalue weighted by molar-refractivity contribution is 6.05. The number of fused-ring (bicyclic) bond motifs is 3. The molecule has 0 fully saturated rings. The van der Waals surface area contributed by atoms with E-state index >= 15 is 0 Å². The second-order valence-corrected chi connectivity index (χ2v) is 4.24. The van der Waals surface area contributed by atoms with Crippen LogP contribution in [0, 0.1) is 12.7 Å². The van der Waals surface area contributed by atoms with Gasteiger partial charge in [-0.05, 0) is 36.8 Å². The van der Waals surface area contributed by atoms with Gasteiger partial charge >= 0.3 is 5.63 Å². The number of halogens is 1. The molecule has 0 aliphatic heterocycles. The maximum Gasteiger partial charge on any atom is 0.344 e. The summed E-state index contributed by atoms with van der Waals surface area (Å²) in [5.74, 6) is -0.494. The molecule has 0 aliphatic rings. The Hall–Kier alpha value is -2.36. The molecule has 0 saturated carbocycles. The smallest absolute Gasteiger partial charge is 0.344 e. The largest absolute Gasteiger partial charge is 0.508 e. The van der Waals surface area contributed by atoms with Gasteiger partial charge in [0, 0.05) is 16.8 Å². The molecule has 0 saturated heterocycles. The summed E-state index contributed by atoms with van der Waals surface area (Å²) in [6.07, 6.45) is 0. The fraction of sp³-hybridized carbons (Fsp3) is 0.0714. The standard InChI is InChI=1S/C14H9FO3/c1-7-4-10-13(11(15)5-7)9-3-2-8(16)6-12(9)18-14(10)17/h2-6,16H,1H3. The number of phenols is 1. The first kappa shape index (κ1) is 10.8. The summed E-state index contributed by atoms with van der Waals surface area (Å²) in [6, 6.07) is 7.23. The summed E-state index contributed by atoms with van der Waals surface area (Å²) in [7, 11) is 0. The van der Waals surface area contributed by atoms with Crippen molar-refractivity contribution in [3.05, 3.63) is 52.1 Å². The Morgan fingerprint density at radius 3 is 2.72 bits per heavy atom. The number of hydrogen-bond acceptors (Lipinski definition) is 3. The van der Waals surface area contributed by atoms with E-state index in [9.17, 15) is 14.3 Å². The van der Waals surface area contributed by atoms with Crippen molar-refractivity contribution in [3.63, 3.8) is 0 Å². The normalized spacial score (nSPS) is 11.2. The molecule has 3 rings (SSSR count). The van der Waals surface area contributed by atoms with Gasteiger partial charge in [-0.25, -0.2) is 9.18 Å². The van der Waals surface area contributed by atoms with Gasteiger partial charge in [-0.2, -0.15) is 0 Å². The molecule has 0 aliphatic carbocycles. The van der Waals surface area contributed by atoms with E-state index in [0.29, 0.717) is 10.9 Å². The molecule has 2 aromatic carbocycles. The summed E-state index contributed by atoms with van der Waals surface area (Å²) in [6.45, 7) is 1.71. The zero-order chi connectivity index (χ0) is 12.9. The summed E-state index contributed by atoms with van der Waals surface area (Å²) in [5.41, 5.74) is 0.228. The molecule has 3 aromatic rings. The minimum Gasteiger partial charge on any atom is -0.508 e. The summed E-state index contributed by atoms with van der Waals surface area (Å²) in [5, 5.41) is 10.3. The van der Waals surface area contributed by atoms with Crippen LogP contribution in [0.15, 0.2) is 39.5 Å². The molecule has 3 nitrogen and oxygen atoms in total.